The molecule has 1 aromatic rings. The van der Waals surface area contributed by atoms with Crippen LogP contribution in [-0.2, 0) is 4.79 Å². The lowest BCUT2D eigenvalue weighted by Gasteiger charge is -2.21. The second-order valence-corrected chi connectivity index (χ2v) is 4.85. The summed E-state index contributed by atoms with van der Waals surface area (Å²) in [6.07, 6.45) is 1.11. The lowest BCUT2D eigenvalue weighted by Crippen LogP contribution is -2.42. The highest BCUT2D eigenvalue weighted by Crippen LogP contribution is 2.18. The van der Waals surface area contributed by atoms with E-state index in [0.29, 0.717) is 11.3 Å². The molecule has 1 aromatic carbocycles. The number of hydrogen-bond acceptors (Lipinski definition) is 4. The number of aliphatic carboxylic acids is 1. The molecule has 0 saturated carbocycles. The molecule has 0 aliphatic rings. The average Bonchev–Trinajstić information content (AvgIpc) is 2.41. The van der Waals surface area contributed by atoms with E-state index in [4.69, 9.17) is 9.84 Å². The van der Waals surface area contributed by atoms with Crippen molar-refractivity contribution >= 4 is 11.9 Å². The van der Waals surface area contributed by atoms with Gasteiger partial charge in [0.05, 0.1) is 17.6 Å². The Hall–Kier alpha value is -2.34. The molecule has 0 bridgehead atoms. The number of amides is 1. The minimum atomic E-state index is -1.52. The van der Waals surface area contributed by atoms with E-state index in [1.807, 2.05) is 0 Å². The molecule has 0 saturated heterocycles. The number of para-hydroxylation sites is 1. The van der Waals surface area contributed by atoms with Crippen LogP contribution in [-0.4, -0.2) is 40.8 Å². The SMILES string of the molecule is C=CCOc1ccccc1C(=O)NCC(C)(O)CC(=O)O. The van der Waals surface area contributed by atoms with Crippen molar-refractivity contribution in [3.63, 3.8) is 0 Å². The molecule has 0 aliphatic heterocycles. The first-order chi connectivity index (χ1) is 9.85. The summed E-state index contributed by atoms with van der Waals surface area (Å²) in [7, 11) is 0. The second kappa shape index (κ2) is 7.44. The summed E-state index contributed by atoms with van der Waals surface area (Å²) in [5.41, 5.74) is -1.20. The molecule has 114 valence electrons. The Morgan fingerprint density at radius 3 is 2.71 bits per heavy atom. The maximum atomic E-state index is 12.1. The molecule has 1 rings (SSSR count). The van der Waals surface area contributed by atoms with Crippen LogP contribution in [0, 0.1) is 0 Å². The first-order valence-electron chi connectivity index (χ1n) is 6.41. The number of aliphatic hydroxyl groups is 1. The van der Waals surface area contributed by atoms with Gasteiger partial charge in [-0.2, -0.15) is 0 Å². The lowest BCUT2D eigenvalue weighted by molar-refractivity contribution is -0.141. The zero-order valence-electron chi connectivity index (χ0n) is 11.8. The summed E-state index contributed by atoms with van der Waals surface area (Å²) < 4.78 is 5.37. The summed E-state index contributed by atoms with van der Waals surface area (Å²) in [5.74, 6) is -1.18. The van der Waals surface area contributed by atoms with Crippen LogP contribution in [0.5, 0.6) is 5.75 Å². The van der Waals surface area contributed by atoms with Gasteiger partial charge in [-0.3, -0.25) is 9.59 Å². The first-order valence-corrected chi connectivity index (χ1v) is 6.41. The molecule has 21 heavy (non-hydrogen) atoms. The molecule has 1 amide bonds. The van der Waals surface area contributed by atoms with Crippen molar-refractivity contribution in [1.29, 1.82) is 0 Å². The highest BCUT2D eigenvalue weighted by Gasteiger charge is 2.25. The largest absolute Gasteiger partial charge is 0.489 e. The van der Waals surface area contributed by atoms with E-state index in [0.717, 1.165) is 0 Å². The average molecular weight is 293 g/mol. The van der Waals surface area contributed by atoms with E-state index in [2.05, 4.69) is 11.9 Å². The van der Waals surface area contributed by atoms with Crippen LogP contribution < -0.4 is 10.1 Å². The summed E-state index contributed by atoms with van der Waals surface area (Å²) >= 11 is 0. The predicted octanol–water partition coefficient (Wildman–Crippen LogP) is 1.21. The van der Waals surface area contributed by atoms with Crippen LogP contribution in [0.1, 0.15) is 23.7 Å². The fraction of sp³-hybridized carbons (Fsp3) is 0.333. The molecule has 0 radical (unpaired) electrons. The van der Waals surface area contributed by atoms with Gasteiger partial charge in [-0.05, 0) is 19.1 Å². The smallest absolute Gasteiger partial charge is 0.306 e. The fourth-order valence-corrected chi connectivity index (χ4v) is 1.68. The number of benzene rings is 1. The molecule has 0 fully saturated rings. The number of carbonyl (C=O) groups excluding carboxylic acids is 1. The van der Waals surface area contributed by atoms with Crippen LogP contribution in [0.15, 0.2) is 36.9 Å². The van der Waals surface area contributed by atoms with Gasteiger partial charge in [0.15, 0.2) is 0 Å². The second-order valence-electron chi connectivity index (χ2n) is 4.85. The van der Waals surface area contributed by atoms with Crippen LogP contribution >= 0.6 is 0 Å². The summed E-state index contributed by atoms with van der Waals surface area (Å²) in [6, 6.07) is 6.65. The standard InChI is InChI=1S/C15H19NO5/c1-3-8-21-12-7-5-4-6-11(12)14(19)16-10-15(2,20)9-13(17)18/h3-7,20H,1,8-10H2,2H3,(H,16,19)(H,17,18). The zero-order chi connectivity index (χ0) is 15.9. The molecular formula is C15H19NO5. The minimum Gasteiger partial charge on any atom is -0.489 e. The third-order valence-corrected chi connectivity index (χ3v) is 2.65. The van der Waals surface area contributed by atoms with E-state index < -0.39 is 23.9 Å². The maximum absolute atomic E-state index is 12.1. The zero-order valence-corrected chi connectivity index (χ0v) is 11.8. The highest BCUT2D eigenvalue weighted by molar-refractivity contribution is 5.97. The molecule has 0 heterocycles. The predicted molar refractivity (Wildman–Crippen MR) is 77.3 cm³/mol. The molecule has 6 nitrogen and oxygen atoms in total. The molecule has 1 unspecified atom stereocenters. The Morgan fingerprint density at radius 2 is 2.10 bits per heavy atom. The van der Waals surface area contributed by atoms with E-state index in [1.165, 1.54) is 6.92 Å². The number of rotatable bonds is 8. The molecule has 3 N–H and O–H groups in total. The van der Waals surface area contributed by atoms with Crippen LogP contribution in [0.2, 0.25) is 0 Å². The van der Waals surface area contributed by atoms with E-state index in [9.17, 15) is 14.7 Å². The van der Waals surface area contributed by atoms with Gasteiger partial charge in [0, 0.05) is 6.54 Å². The van der Waals surface area contributed by atoms with E-state index in [-0.39, 0.29) is 13.2 Å². The van der Waals surface area contributed by atoms with Gasteiger partial charge < -0.3 is 20.3 Å². The first kappa shape index (κ1) is 16.7. The molecular weight excluding hydrogens is 274 g/mol. The Labute approximate surface area is 123 Å². The summed E-state index contributed by atoms with van der Waals surface area (Å²) in [6.45, 7) is 4.97. The molecule has 0 aliphatic carbocycles. The van der Waals surface area contributed by atoms with Gasteiger partial charge in [-0.25, -0.2) is 0 Å². The normalized spacial score (nSPS) is 13.0. The number of carboxylic acids is 1. The summed E-state index contributed by atoms with van der Waals surface area (Å²) in [5, 5.41) is 21.0. The third-order valence-electron chi connectivity index (χ3n) is 2.65. The number of ether oxygens (including phenoxy) is 1. The monoisotopic (exact) mass is 293 g/mol. The van der Waals surface area contributed by atoms with Crippen LogP contribution in [0.25, 0.3) is 0 Å². The van der Waals surface area contributed by atoms with Crippen molar-refractivity contribution in [2.24, 2.45) is 0 Å². The number of nitrogens with one attached hydrogen (secondary N) is 1. The number of carboxylic acid groups (broad SMARTS) is 1. The number of hydrogen-bond donors (Lipinski definition) is 3. The van der Waals surface area contributed by atoms with Crippen molar-refractivity contribution in [2.75, 3.05) is 13.2 Å². The Morgan fingerprint density at radius 1 is 1.43 bits per heavy atom. The van der Waals surface area contributed by atoms with E-state index >= 15 is 0 Å². The van der Waals surface area contributed by atoms with Gasteiger partial charge >= 0.3 is 5.97 Å². The molecule has 1 atom stereocenters. The fourth-order valence-electron chi connectivity index (χ4n) is 1.68. The Balaban J connectivity index is 2.71. The minimum absolute atomic E-state index is 0.173. The van der Waals surface area contributed by atoms with Crippen molar-refractivity contribution < 1.29 is 24.5 Å². The van der Waals surface area contributed by atoms with Gasteiger partial charge in [0.25, 0.3) is 5.91 Å². The maximum Gasteiger partial charge on any atom is 0.306 e. The molecule has 0 spiro atoms. The van der Waals surface area contributed by atoms with E-state index in [1.54, 1.807) is 30.3 Å². The van der Waals surface area contributed by atoms with Crippen LogP contribution in [0.4, 0.5) is 0 Å². The summed E-state index contributed by atoms with van der Waals surface area (Å²) in [4.78, 5) is 22.7. The van der Waals surface area contributed by atoms with Gasteiger partial charge in [-0.1, -0.05) is 24.8 Å². The van der Waals surface area contributed by atoms with Gasteiger partial charge in [0.1, 0.15) is 12.4 Å². The van der Waals surface area contributed by atoms with Crippen LogP contribution in [0.3, 0.4) is 0 Å². The van der Waals surface area contributed by atoms with Crippen molar-refractivity contribution in [3.8, 4) is 5.75 Å². The van der Waals surface area contributed by atoms with Gasteiger partial charge in [-0.15, -0.1) is 0 Å². The lowest BCUT2D eigenvalue weighted by atomic mass is 10.0. The highest BCUT2D eigenvalue weighted by atomic mass is 16.5. The Kier molecular flexibility index (Phi) is 5.92. The van der Waals surface area contributed by atoms with Crippen molar-refractivity contribution in [3.05, 3.63) is 42.5 Å². The quantitative estimate of drug-likeness (QED) is 0.626. The van der Waals surface area contributed by atoms with Gasteiger partial charge in [0.2, 0.25) is 0 Å². The molecule has 0 aromatic heterocycles. The topological polar surface area (TPSA) is 95.9 Å². The van der Waals surface area contributed by atoms with Crippen molar-refractivity contribution in [1.82, 2.24) is 5.32 Å². The Bertz CT molecular complexity index is 525. The van der Waals surface area contributed by atoms with Crippen molar-refractivity contribution in [2.45, 2.75) is 18.9 Å². The molecule has 6 heteroatoms. The third kappa shape index (κ3) is 5.66. The number of carbonyl (C=O) groups is 2.